The molecule has 45 heavy (non-hydrogen) atoms. The number of hydrogen-bond acceptors (Lipinski definition) is 5. The van der Waals surface area contributed by atoms with Gasteiger partial charge in [0, 0.05) is 51.8 Å². The second kappa shape index (κ2) is 11.2. The molecular weight excluding hydrogens is 567 g/mol. The predicted octanol–water partition coefficient (Wildman–Crippen LogP) is 3.27. The first kappa shape index (κ1) is 33.3. The topological polar surface area (TPSA) is 45.2 Å². The molecule has 8 aliphatic rings. The van der Waals surface area contributed by atoms with Crippen LogP contribution in [-0.2, 0) is 23.7 Å². The maximum Gasteiger partial charge on any atom is 1.00 e. The van der Waals surface area contributed by atoms with Gasteiger partial charge in [-0.3, -0.25) is 0 Å². The van der Waals surface area contributed by atoms with Gasteiger partial charge in [0.15, 0.2) is 0 Å². The van der Waals surface area contributed by atoms with Gasteiger partial charge in [-0.25, -0.2) is 0 Å². The average molecular weight is 621 g/mol. The van der Waals surface area contributed by atoms with E-state index >= 15 is 0 Å². The molecule has 2 aromatic carbocycles. The second-order valence-electron chi connectivity index (χ2n) is 14.8. The SMILES string of the molecule is C.C.Cc1ccc2c3c1O[C@H]1[C@@H](C)C=CC4[C@@H](C2)N(C)CC[C@@]341.Cc1ccc2c3c1O[C@H]1[C@@H](O)C=CC4[C@@H](C2)N(C)CC[C@@]341.[H-].[Na+]. The Morgan fingerprint density at radius 2 is 1.20 bits per heavy atom. The van der Waals surface area contributed by atoms with Crippen LogP contribution in [0.2, 0.25) is 0 Å². The first-order valence-corrected chi connectivity index (χ1v) is 16.3. The van der Waals surface area contributed by atoms with Crippen LogP contribution in [0.4, 0.5) is 0 Å². The predicted molar refractivity (Wildman–Crippen MR) is 179 cm³/mol. The van der Waals surface area contributed by atoms with Crippen LogP contribution >= 0.6 is 0 Å². The molecule has 2 aromatic rings. The minimum absolute atomic E-state index is 0. The fourth-order valence-corrected chi connectivity index (χ4v) is 11.0. The molecule has 10 atom stereocenters. The van der Waals surface area contributed by atoms with Crippen LogP contribution in [0.1, 0.15) is 69.4 Å². The summed E-state index contributed by atoms with van der Waals surface area (Å²) in [4.78, 5) is 5.07. The Morgan fingerprint density at radius 3 is 1.73 bits per heavy atom. The van der Waals surface area contributed by atoms with E-state index in [1.807, 2.05) is 6.08 Å². The molecule has 0 radical (unpaired) electrons. The van der Waals surface area contributed by atoms with Gasteiger partial charge in [0.2, 0.25) is 0 Å². The number of aryl methyl sites for hydroxylation is 2. The van der Waals surface area contributed by atoms with Crippen molar-refractivity contribution < 1.29 is 45.6 Å². The van der Waals surface area contributed by atoms with E-state index in [4.69, 9.17) is 9.47 Å². The molecule has 4 aliphatic heterocycles. The summed E-state index contributed by atoms with van der Waals surface area (Å²) in [6.07, 6.45) is 13.5. The van der Waals surface area contributed by atoms with E-state index in [-0.39, 0.29) is 62.8 Å². The zero-order valence-electron chi connectivity index (χ0n) is 27.6. The van der Waals surface area contributed by atoms with Crippen molar-refractivity contribution in [3.05, 3.63) is 82.0 Å². The molecule has 4 bridgehead atoms. The van der Waals surface area contributed by atoms with Crippen molar-refractivity contribution in [3.8, 4) is 11.5 Å². The molecule has 6 heteroatoms. The maximum atomic E-state index is 10.5. The van der Waals surface area contributed by atoms with Crippen molar-refractivity contribution >= 4 is 0 Å². The second-order valence-corrected chi connectivity index (χ2v) is 14.8. The van der Waals surface area contributed by atoms with Crippen LogP contribution in [0.15, 0.2) is 48.6 Å². The Hall–Kier alpha value is -1.60. The van der Waals surface area contributed by atoms with Crippen molar-refractivity contribution in [2.75, 3.05) is 27.2 Å². The number of likely N-dealkylation sites (N-methyl/N-ethyl adjacent to an activating group) is 2. The maximum absolute atomic E-state index is 10.5. The largest absolute Gasteiger partial charge is 1.00 e. The van der Waals surface area contributed by atoms with Gasteiger partial charge >= 0.3 is 29.6 Å². The Bertz CT molecular complexity index is 1460. The third-order valence-corrected chi connectivity index (χ3v) is 13.0. The number of rotatable bonds is 0. The number of hydrogen-bond donors (Lipinski definition) is 1. The van der Waals surface area contributed by atoms with E-state index in [0.29, 0.717) is 35.9 Å². The molecule has 0 saturated carbocycles. The molecule has 2 fully saturated rings. The number of aliphatic hydroxyl groups is 1. The quantitative estimate of drug-likeness (QED) is 0.362. The molecule has 2 unspecified atom stereocenters. The Morgan fingerprint density at radius 1 is 0.733 bits per heavy atom. The molecule has 0 aromatic heterocycles. The van der Waals surface area contributed by atoms with E-state index in [1.165, 1.54) is 47.4 Å². The van der Waals surface area contributed by atoms with Crippen molar-refractivity contribution in [2.45, 2.75) is 103 Å². The van der Waals surface area contributed by atoms with Gasteiger partial charge in [0.1, 0.15) is 29.8 Å². The van der Waals surface area contributed by atoms with E-state index in [9.17, 15) is 5.11 Å². The van der Waals surface area contributed by atoms with Crippen molar-refractivity contribution in [2.24, 2.45) is 17.8 Å². The summed E-state index contributed by atoms with van der Waals surface area (Å²) in [5.41, 5.74) is 8.77. The third-order valence-electron chi connectivity index (χ3n) is 13.0. The molecule has 4 aliphatic carbocycles. The summed E-state index contributed by atoms with van der Waals surface area (Å²) in [5.74, 6) is 3.91. The van der Waals surface area contributed by atoms with Gasteiger partial charge in [-0.1, -0.05) is 70.3 Å². The number of nitrogens with zero attached hydrogens (tertiary/aromatic N) is 2. The minimum atomic E-state index is -0.483. The van der Waals surface area contributed by atoms with Gasteiger partial charge in [-0.15, -0.1) is 0 Å². The van der Waals surface area contributed by atoms with Gasteiger partial charge in [-0.2, -0.15) is 0 Å². The first-order chi connectivity index (χ1) is 20.3. The summed E-state index contributed by atoms with van der Waals surface area (Å²) in [6.45, 7) is 8.95. The van der Waals surface area contributed by atoms with Crippen LogP contribution in [0.25, 0.3) is 0 Å². The minimum Gasteiger partial charge on any atom is -1.00 e. The van der Waals surface area contributed by atoms with Gasteiger partial charge in [0.05, 0.1) is 0 Å². The zero-order chi connectivity index (χ0) is 28.7. The van der Waals surface area contributed by atoms with Crippen LogP contribution < -0.4 is 39.0 Å². The van der Waals surface area contributed by atoms with E-state index in [2.05, 4.69) is 87.2 Å². The standard InChI is InChI=1S/C19H23NO.C18H21NO2.2CH4.Na.H/c1-11-4-6-13-10-15-14-7-5-12(2)18-19(14,8-9-20(15)3)16(13)17(11)21-18;1-10-3-4-11-9-13-12-5-6-14(20)17-18(12,7-8-19(13)2)15(11)16(10)21-17;;;;/h4-7,12,14-15,18H,8-10H2,1-3H3;3-6,12-14,17,20H,7-9H2,1-2H3;2*1H4;;/q;;;;+1;-1/t12-,14?,15+,18-,19-;12?,13-,14+,17+,18+;;;;/m01..../s1. The Labute approximate surface area is 294 Å². The smallest absolute Gasteiger partial charge is 1.00 e. The summed E-state index contributed by atoms with van der Waals surface area (Å²) in [7, 11) is 4.54. The summed E-state index contributed by atoms with van der Waals surface area (Å²) in [5, 5.41) is 10.5. The van der Waals surface area contributed by atoms with Crippen molar-refractivity contribution in [3.63, 3.8) is 0 Å². The summed E-state index contributed by atoms with van der Waals surface area (Å²) >= 11 is 0. The number of aliphatic hydroxyl groups excluding tert-OH is 1. The molecule has 1 N–H and O–H groups in total. The summed E-state index contributed by atoms with van der Waals surface area (Å²) in [6, 6.07) is 10.3. The molecular formula is C39H53N2NaO3. The van der Waals surface area contributed by atoms with Crippen LogP contribution in [0.5, 0.6) is 11.5 Å². The molecule has 0 amide bonds. The van der Waals surface area contributed by atoms with Gasteiger partial charge < -0.3 is 25.8 Å². The monoisotopic (exact) mass is 620 g/mol. The Kier molecular flexibility index (Phi) is 8.32. The number of piperidine rings is 2. The van der Waals surface area contributed by atoms with Gasteiger partial charge in [0.25, 0.3) is 0 Å². The number of likely N-dealkylation sites (tertiary alicyclic amines) is 2. The van der Waals surface area contributed by atoms with Crippen molar-refractivity contribution in [1.82, 2.24) is 9.80 Å². The third kappa shape index (κ3) is 4.07. The normalized spacial score (nSPS) is 39.8. The van der Waals surface area contributed by atoms with Crippen molar-refractivity contribution in [1.29, 1.82) is 0 Å². The molecule has 4 heterocycles. The molecule has 2 saturated heterocycles. The van der Waals surface area contributed by atoms with E-state index in [0.717, 1.165) is 25.1 Å². The van der Waals surface area contributed by atoms with E-state index < -0.39 is 6.10 Å². The Balaban J connectivity index is 0.000000167. The van der Waals surface area contributed by atoms with Crippen LogP contribution in [0.3, 0.4) is 0 Å². The van der Waals surface area contributed by atoms with Crippen LogP contribution in [-0.4, -0.2) is 72.5 Å². The fraction of sp³-hybridized carbons (Fsp3) is 0.590. The molecule has 10 rings (SSSR count). The van der Waals surface area contributed by atoms with Crippen LogP contribution in [0, 0.1) is 31.6 Å². The number of benzene rings is 2. The average Bonchev–Trinajstić information content (AvgIpc) is 3.52. The zero-order valence-corrected chi connectivity index (χ0v) is 28.6. The molecule has 5 nitrogen and oxygen atoms in total. The number of ether oxygens (including phenoxy) is 2. The fourth-order valence-electron chi connectivity index (χ4n) is 11.0. The molecule has 238 valence electrons. The molecule has 2 spiro atoms. The van der Waals surface area contributed by atoms with Gasteiger partial charge in [-0.05, 0) is 89.0 Å². The van der Waals surface area contributed by atoms with E-state index in [1.54, 1.807) is 11.1 Å². The summed E-state index contributed by atoms with van der Waals surface area (Å²) < 4.78 is 12.9. The first-order valence-electron chi connectivity index (χ1n) is 16.3.